The second-order valence-corrected chi connectivity index (χ2v) is 5.06. The number of amides is 1. The summed E-state index contributed by atoms with van der Waals surface area (Å²) in [7, 11) is -1.26. The number of carbonyl (C=O) groups is 2. The molecule has 1 amide bonds. The van der Waals surface area contributed by atoms with Crippen LogP contribution in [0.2, 0.25) is 5.02 Å². The lowest BCUT2D eigenvalue weighted by Crippen LogP contribution is -2.52. The summed E-state index contributed by atoms with van der Waals surface area (Å²) in [4.78, 5) is 23.1. The summed E-state index contributed by atoms with van der Waals surface area (Å²) >= 11 is 6.03. The molecule has 1 aliphatic rings. The Morgan fingerprint density at radius 1 is 1.57 bits per heavy atom. The van der Waals surface area contributed by atoms with Gasteiger partial charge in [0, 0.05) is 6.92 Å². The minimum absolute atomic E-state index is 0.0938. The van der Waals surface area contributed by atoms with Gasteiger partial charge in [-0.3, -0.25) is 4.79 Å². The van der Waals surface area contributed by atoms with Gasteiger partial charge in [-0.1, -0.05) is 17.7 Å². The van der Waals surface area contributed by atoms with Crippen LogP contribution in [0.5, 0.6) is 5.75 Å². The van der Waals surface area contributed by atoms with Crippen LogP contribution in [-0.4, -0.2) is 36.6 Å². The van der Waals surface area contributed by atoms with Crippen molar-refractivity contribution in [3.05, 3.63) is 28.3 Å². The summed E-state index contributed by atoms with van der Waals surface area (Å²) in [6.45, 7) is 3.24. The number of carbonyl (C=O) groups excluding carboxylic acids is 2. The molecule has 1 aromatic carbocycles. The summed E-state index contributed by atoms with van der Waals surface area (Å²) in [6, 6.07) is 3.26. The van der Waals surface area contributed by atoms with E-state index < -0.39 is 19.0 Å². The number of esters is 1. The molecule has 21 heavy (non-hydrogen) atoms. The standard InChI is InChI=1S/C13H15BClNO5/c1-3-20-13(18)11-9(15)5-4-8-6-10(16-7(2)17)14(19)21-12(8)11/h4-5,10,19H,3,6H2,1-2H3,(H,16,17). The summed E-state index contributed by atoms with van der Waals surface area (Å²) < 4.78 is 10.3. The molecule has 1 aromatic rings. The molecule has 0 spiro atoms. The zero-order chi connectivity index (χ0) is 15.6. The van der Waals surface area contributed by atoms with Crippen LogP contribution in [0.1, 0.15) is 29.8 Å². The van der Waals surface area contributed by atoms with E-state index in [0.29, 0.717) is 12.0 Å². The van der Waals surface area contributed by atoms with Crippen LogP contribution < -0.4 is 9.97 Å². The number of nitrogens with one attached hydrogen (secondary N) is 1. The minimum atomic E-state index is -1.26. The summed E-state index contributed by atoms with van der Waals surface area (Å²) in [6.07, 6.45) is 0.333. The van der Waals surface area contributed by atoms with Crippen LogP contribution in [0.25, 0.3) is 0 Å². The zero-order valence-electron chi connectivity index (χ0n) is 11.7. The van der Waals surface area contributed by atoms with E-state index in [1.54, 1.807) is 19.1 Å². The van der Waals surface area contributed by atoms with Crippen molar-refractivity contribution in [3.63, 3.8) is 0 Å². The van der Waals surface area contributed by atoms with Crippen LogP contribution in [0.15, 0.2) is 12.1 Å². The minimum Gasteiger partial charge on any atom is -0.534 e. The summed E-state index contributed by atoms with van der Waals surface area (Å²) in [5.41, 5.74) is 0.767. The van der Waals surface area contributed by atoms with Crippen molar-refractivity contribution in [2.24, 2.45) is 0 Å². The van der Waals surface area contributed by atoms with Crippen molar-refractivity contribution in [2.75, 3.05) is 6.61 Å². The fraction of sp³-hybridized carbons (Fsp3) is 0.385. The first-order chi connectivity index (χ1) is 9.93. The molecule has 0 radical (unpaired) electrons. The lowest BCUT2D eigenvalue weighted by atomic mass is 9.72. The molecule has 1 atom stereocenters. The van der Waals surface area contributed by atoms with Gasteiger partial charge in [0.1, 0.15) is 11.3 Å². The van der Waals surface area contributed by atoms with Gasteiger partial charge in [-0.25, -0.2) is 4.79 Å². The SMILES string of the molecule is CCOC(=O)c1c(Cl)ccc2c1OB(O)C(NC(C)=O)C2. The molecule has 0 bridgehead atoms. The molecule has 0 fully saturated rings. The van der Waals surface area contributed by atoms with Gasteiger partial charge in [0.15, 0.2) is 0 Å². The van der Waals surface area contributed by atoms with Crippen molar-refractivity contribution in [3.8, 4) is 5.75 Å². The molecule has 2 N–H and O–H groups in total. The van der Waals surface area contributed by atoms with E-state index in [0.717, 1.165) is 0 Å². The second-order valence-electron chi connectivity index (χ2n) is 4.65. The third-order valence-corrected chi connectivity index (χ3v) is 3.39. The Kier molecular flexibility index (Phi) is 4.75. The van der Waals surface area contributed by atoms with E-state index in [1.165, 1.54) is 6.92 Å². The second kappa shape index (κ2) is 6.36. The molecule has 112 valence electrons. The van der Waals surface area contributed by atoms with Gasteiger partial charge in [-0.15, -0.1) is 0 Å². The molecule has 8 heteroatoms. The molecule has 1 unspecified atom stereocenters. The monoisotopic (exact) mass is 311 g/mol. The van der Waals surface area contributed by atoms with Crippen LogP contribution in [0, 0.1) is 0 Å². The third kappa shape index (κ3) is 3.30. The van der Waals surface area contributed by atoms with E-state index in [4.69, 9.17) is 21.0 Å². The highest BCUT2D eigenvalue weighted by molar-refractivity contribution is 6.47. The first-order valence-electron chi connectivity index (χ1n) is 6.54. The van der Waals surface area contributed by atoms with Gasteiger partial charge in [-0.05, 0) is 25.0 Å². The Morgan fingerprint density at radius 3 is 2.90 bits per heavy atom. The largest absolute Gasteiger partial charge is 0.547 e. The lowest BCUT2D eigenvalue weighted by Gasteiger charge is -2.29. The molecular weight excluding hydrogens is 296 g/mol. The molecule has 0 saturated carbocycles. The van der Waals surface area contributed by atoms with Crippen LogP contribution in [-0.2, 0) is 16.0 Å². The molecule has 1 heterocycles. The van der Waals surface area contributed by atoms with Crippen molar-refractivity contribution < 1.29 is 24.0 Å². The number of ether oxygens (including phenoxy) is 1. The predicted octanol–water partition coefficient (Wildman–Crippen LogP) is 0.976. The molecular formula is C13H15BClNO5. The first kappa shape index (κ1) is 15.7. The van der Waals surface area contributed by atoms with E-state index in [-0.39, 0.29) is 28.8 Å². The van der Waals surface area contributed by atoms with Gasteiger partial charge in [0.2, 0.25) is 5.91 Å². The molecule has 0 saturated heterocycles. The maximum Gasteiger partial charge on any atom is 0.547 e. The van der Waals surface area contributed by atoms with Crippen molar-refractivity contribution in [1.82, 2.24) is 5.32 Å². The average Bonchev–Trinajstić information content (AvgIpc) is 2.39. The fourth-order valence-electron chi connectivity index (χ4n) is 2.21. The molecule has 0 aliphatic carbocycles. The highest BCUT2D eigenvalue weighted by atomic mass is 35.5. The highest BCUT2D eigenvalue weighted by Crippen LogP contribution is 2.35. The fourth-order valence-corrected chi connectivity index (χ4v) is 2.44. The predicted molar refractivity (Wildman–Crippen MR) is 77.3 cm³/mol. The number of fused-ring (bicyclic) bond motifs is 1. The smallest absolute Gasteiger partial charge is 0.534 e. The van der Waals surface area contributed by atoms with Gasteiger partial charge >= 0.3 is 13.1 Å². The molecule has 6 nitrogen and oxygen atoms in total. The maximum absolute atomic E-state index is 12.0. The summed E-state index contributed by atoms with van der Waals surface area (Å²) in [5, 5.41) is 12.7. The van der Waals surface area contributed by atoms with Crippen molar-refractivity contribution >= 4 is 30.6 Å². The van der Waals surface area contributed by atoms with Gasteiger partial charge in [-0.2, -0.15) is 0 Å². The number of rotatable bonds is 3. The first-order valence-corrected chi connectivity index (χ1v) is 6.92. The van der Waals surface area contributed by atoms with Gasteiger partial charge < -0.3 is 19.7 Å². The number of halogens is 1. The summed E-state index contributed by atoms with van der Waals surface area (Å²) in [5.74, 6) is -1.25. The van der Waals surface area contributed by atoms with E-state index in [1.807, 2.05) is 0 Å². The average molecular weight is 312 g/mol. The Labute approximate surface area is 127 Å². The van der Waals surface area contributed by atoms with Crippen molar-refractivity contribution in [1.29, 1.82) is 0 Å². The van der Waals surface area contributed by atoms with Crippen molar-refractivity contribution in [2.45, 2.75) is 26.2 Å². The maximum atomic E-state index is 12.0. The Hall–Kier alpha value is -1.73. The number of hydrogen-bond acceptors (Lipinski definition) is 5. The Bertz CT molecular complexity index is 580. The molecule has 0 aromatic heterocycles. The zero-order valence-corrected chi connectivity index (χ0v) is 12.4. The normalized spacial score (nSPS) is 16.8. The van der Waals surface area contributed by atoms with Crippen LogP contribution in [0.4, 0.5) is 0 Å². The van der Waals surface area contributed by atoms with E-state index >= 15 is 0 Å². The van der Waals surface area contributed by atoms with Gasteiger partial charge in [0.05, 0.1) is 17.6 Å². The van der Waals surface area contributed by atoms with E-state index in [2.05, 4.69) is 5.32 Å². The van der Waals surface area contributed by atoms with Gasteiger partial charge in [0.25, 0.3) is 0 Å². The number of hydrogen-bond donors (Lipinski definition) is 2. The third-order valence-electron chi connectivity index (χ3n) is 3.08. The van der Waals surface area contributed by atoms with E-state index in [9.17, 15) is 14.6 Å². The molecule has 2 rings (SSSR count). The lowest BCUT2D eigenvalue weighted by molar-refractivity contribution is -0.119. The number of benzene rings is 1. The quantitative estimate of drug-likeness (QED) is 0.642. The topological polar surface area (TPSA) is 84.9 Å². The van der Waals surface area contributed by atoms with Crippen LogP contribution >= 0.6 is 11.6 Å². The highest BCUT2D eigenvalue weighted by Gasteiger charge is 2.38. The molecule has 1 aliphatic heterocycles. The Balaban J connectivity index is 2.37. The van der Waals surface area contributed by atoms with Crippen LogP contribution in [0.3, 0.4) is 0 Å². The Morgan fingerprint density at radius 2 is 2.29 bits per heavy atom.